The number of carbonyl (C=O) groups is 2. The lowest BCUT2D eigenvalue weighted by Crippen LogP contribution is -2.35. The van der Waals surface area contributed by atoms with Crippen LogP contribution in [0, 0.1) is 0 Å². The summed E-state index contributed by atoms with van der Waals surface area (Å²) in [6, 6.07) is -0.0926. The standard InChI is InChI=1S/C11H16F2N4O3/c1-3-4-6(2)14-7(18)5-17-9(10(12)13)8(11(19)20)15-16-17/h6,10H,3-5H2,1-2H3,(H,14,18)(H,19,20). The maximum Gasteiger partial charge on any atom is 0.358 e. The Balaban J connectivity index is 2.82. The van der Waals surface area contributed by atoms with E-state index in [9.17, 15) is 18.4 Å². The number of hydrogen-bond acceptors (Lipinski definition) is 4. The number of alkyl halides is 2. The molecular weight excluding hydrogens is 274 g/mol. The maximum absolute atomic E-state index is 12.8. The summed E-state index contributed by atoms with van der Waals surface area (Å²) in [6.45, 7) is 3.25. The first-order chi connectivity index (χ1) is 9.36. The Hall–Kier alpha value is -2.06. The van der Waals surface area contributed by atoms with Crippen LogP contribution in [0.15, 0.2) is 0 Å². The molecule has 2 N–H and O–H groups in total. The number of carboxylic acids is 1. The van der Waals surface area contributed by atoms with Gasteiger partial charge >= 0.3 is 5.97 Å². The average molecular weight is 290 g/mol. The minimum atomic E-state index is -3.07. The van der Waals surface area contributed by atoms with Gasteiger partial charge in [-0.15, -0.1) is 5.10 Å². The van der Waals surface area contributed by atoms with E-state index in [1.807, 2.05) is 6.92 Å². The van der Waals surface area contributed by atoms with E-state index in [1.54, 1.807) is 6.92 Å². The van der Waals surface area contributed by atoms with Crippen molar-refractivity contribution in [3.05, 3.63) is 11.4 Å². The molecule has 1 aromatic rings. The molecule has 0 aliphatic carbocycles. The van der Waals surface area contributed by atoms with Crippen LogP contribution in [0.2, 0.25) is 0 Å². The Morgan fingerprint density at radius 3 is 2.60 bits per heavy atom. The predicted molar refractivity (Wildman–Crippen MR) is 64.5 cm³/mol. The summed E-state index contributed by atoms with van der Waals surface area (Å²) >= 11 is 0. The van der Waals surface area contributed by atoms with Gasteiger partial charge in [0.2, 0.25) is 5.91 Å². The van der Waals surface area contributed by atoms with E-state index in [0.29, 0.717) is 4.68 Å². The highest BCUT2D eigenvalue weighted by molar-refractivity contribution is 5.86. The summed E-state index contributed by atoms with van der Waals surface area (Å²) < 4.78 is 26.3. The highest BCUT2D eigenvalue weighted by Gasteiger charge is 2.27. The van der Waals surface area contributed by atoms with Gasteiger partial charge in [0.15, 0.2) is 5.69 Å². The summed E-state index contributed by atoms with van der Waals surface area (Å²) in [6.07, 6.45) is -1.45. The first-order valence-electron chi connectivity index (χ1n) is 6.11. The van der Waals surface area contributed by atoms with Crippen molar-refractivity contribution < 1.29 is 23.5 Å². The molecule has 0 saturated heterocycles. The predicted octanol–water partition coefficient (Wildman–Crippen LogP) is 1.22. The SMILES string of the molecule is CCCC(C)NC(=O)Cn1nnc(C(=O)O)c1C(F)F. The van der Waals surface area contributed by atoms with Crippen LogP contribution in [0.1, 0.15) is 49.3 Å². The van der Waals surface area contributed by atoms with Gasteiger partial charge in [0.25, 0.3) is 6.43 Å². The fourth-order valence-electron chi connectivity index (χ4n) is 1.77. The molecule has 0 aliphatic rings. The summed E-state index contributed by atoms with van der Waals surface area (Å²) in [5.74, 6) is -2.12. The first kappa shape index (κ1) is 16.0. The smallest absolute Gasteiger partial charge is 0.358 e. The Morgan fingerprint density at radius 1 is 1.45 bits per heavy atom. The third kappa shape index (κ3) is 3.97. The number of rotatable bonds is 7. The van der Waals surface area contributed by atoms with Crippen LogP contribution in [0.3, 0.4) is 0 Å². The molecule has 7 nitrogen and oxygen atoms in total. The quantitative estimate of drug-likeness (QED) is 0.787. The Morgan fingerprint density at radius 2 is 2.10 bits per heavy atom. The van der Waals surface area contributed by atoms with Gasteiger partial charge < -0.3 is 10.4 Å². The van der Waals surface area contributed by atoms with Gasteiger partial charge in [-0.05, 0) is 13.3 Å². The highest BCUT2D eigenvalue weighted by atomic mass is 19.3. The average Bonchev–Trinajstić information content (AvgIpc) is 2.72. The third-order valence-electron chi connectivity index (χ3n) is 2.61. The van der Waals surface area contributed by atoms with Crippen molar-refractivity contribution in [2.45, 2.75) is 45.7 Å². The van der Waals surface area contributed by atoms with Gasteiger partial charge in [-0.3, -0.25) is 4.79 Å². The second-order valence-electron chi connectivity index (χ2n) is 4.34. The summed E-state index contributed by atoms with van der Waals surface area (Å²) in [4.78, 5) is 22.4. The van der Waals surface area contributed by atoms with Crippen molar-refractivity contribution >= 4 is 11.9 Å². The van der Waals surface area contributed by atoms with Gasteiger partial charge in [-0.2, -0.15) is 0 Å². The molecule has 112 valence electrons. The second-order valence-corrected chi connectivity index (χ2v) is 4.34. The molecule has 1 atom stereocenters. The van der Waals surface area contributed by atoms with E-state index in [4.69, 9.17) is 5.11 Å². The van der Waals surface area contributed by atoms with Crippen molar-refractivity contribution in [2.75, 3.05) is 0 Å². The van der Waals surface area contributed by atoms with E-state index in [-0.39, 0.29) is 6.04 Å². The number of amides is 1. The fourth-order valence-corrected chi connectivity index (χ4v) is 1.77. The van der Waals surface area contributed by atoms with Crippen molar-refractivity contribution in [3.63, 3.8) is 0 Å². The molecular formula is C11H16F2N4O3. The van der Waals surface area contributed by atoms with Crippen LogP contribution in [0.5, 0.6) is 0 Å². The van der Waals surface area contributed by atoms with Crippen LogP contribution in [-0.2, 0) is 11.3 Å². The molecule has 0 aromatic carbocycles. The number of aromatic nitrogens is 3. The van der Waals surface area contributed by atoms with Crippen LogP contribution in [-0.4, -0.2) is 38.0 Å². The monoisotopic (exact) mass is 290 g/mol. The summed E-state index contributed by atoms with van der Waals surface area (Å²) in [5, 5.41) is 17.8. The van der Waals surface area contributed by atoms with Crippen LogP contribution in [0.4, 0.5) is 8.78 Å². The number of carboxylic acid groups (broad SMARTS) is 1. The van der Waals surface area contributed by atoms with Gasteiger partial charge in [-0.1, -0.05) is 18.6 Å². The Bertz CT molecular complexity index is 490. The Kier molecular flexibility index (Phi) is 5.53. The fraction of sp³-hybridized carbons (Fsp3) is 0.636. The molecule has 0 radical (unpaired) electrons. The first-order valence-corrected chi connectivity index (χ1v) is 6.11. The molecule has 0 aliphatic heterocycles. The molecule has 1 rings (SSSR count). The van der Waals surface area contributed by atoms with E-state index >= 15 is 0 Å². The zero-order valence-corrected chi connectivity index (χ0v) is 11.1. The molecule has 0 bridgehead atoms. The maximum atomic E-state index is 12.8. The van der Waals surface area contributed by atoms with E-state index in [2.05, 4.69) is 15.6 Å². The lowest BCUT2D eigenvalue weighted by atomic mass is 10.2. The highest BCUT2D eigenvalue weighted by Crippen LogP contribution is 2.21. The second kappa shape index (κ2) is 6.92. The number of nitrogens with one attached hydrogen (secondary N) is 1. The molecule has 1 heterocycles. The number of aromatic carboxylic acids is 1. The van der Waals surface area contributed by atoms with Gasteiger partial charge in [-0.25, -0.2) is 18.3 Å². The van der Waals surface area contributed by atoms with Crippen molar-refractivity contribution in [1.82, 2.24) is 20.3 Å². The number of carbonyl (C=O) groups excluding carboxylic acids is 1. The van der Waals surface area contributed by atoms with Crippen LogP contribution in [0.25, 0.3) is 0 Å². The van der Waals surface area contributed by atoms with E-state index < -0.39 is 36.2 Å². The minimum Gasteiger partial charge on any atom is -0.476 e. The molecule has 20 heavy (non-hydrogen) atoms. The van der Waals surface area contributed by atoms with Crippen LogP contribution < -0.4 is 5.32 Å². The topological polar surface area (TPSA) is 97.1 Å². The van der Waals surface area contributed by atoms with Gasteiger partial charge in [0.1, 0.15) is 12.2 Å². The molecule has 0 saturated carbocycles. The molecule has 1 unspecified atom stereocenters. The third-order valence-corrected chi connectivity index (χ3v) is 2.61. The minimum absolute atomic E-state index is 0.0926. The summed E-state index contributed by atoms with van der Waals surface area (Å²) in [5.41, 5.74) is -1.70. The molecule has 0 spiro atoms. The zero-order chi connectivity index (χ0) is 15.3. The molecule has 0 fully saturated rings. The zero-order valence-electron chi connectivity index (χ0n) is 11.1. The summed E-state index contributed by atoms with van der Waals surface area (Å²) in [7, 11) is 0. The van der Waals surface area contributed by atoms with Gasteiger partial charge in [0, 0.05) is 6.04 Å². The van der Waals surface area contributed by atoms with E-state index in [0.717, 1.165) is 12.8 Å². The largest absolute Gasteiger partial charge is 0.476 e. The van der Waals surface area contributed by atoms with Crippen molar-refractivity contribution in [1.29, 1.82) is 0 Å². The van der Waals surface area contributed by atoms with E-state index in [1.165, 1.54) is 0 Å². The number of halogens is 2. The Labute approximate surface area is 114 Å². The molecule has 9 heteroatoms. The lowest BCUT2D eigenvalue weighted by Gasteiger charge is -2.13. The van der Waals surface area contributed by atoms with Gasteiger partial charge in [0.05, 0.1) is 0 Å². The van der Waals surface area contributed by atoms with Crippen LogP contribution >= 0.6 is 0 Å². The number of hydrogen-bond donors (Lipinski definition) is 2. The van der Waals surface area contributed by atoms with Crippen molar-refractivity contribution in [3.8, 4) is 0 Å². The molecule has 1 aromatic heterocycles. The molecule has 1 amide bonds. The van der Waals surface area contributed by atoms with Crippen molar-refractivity contribution in [2.24, 2.45) is 0 Å². The number of nitrogens with zero attached hydrogens (tertiary/aromatic N) is 3. The lowest BCUT2D eigenvalue weighted by molar-refractivity contribution is -0.122. The normalized spacial score (nSPS) is 12.4.